The van der Waals surface area contributed by atoms with Gasteiger partial charge in [0, 0.05) is 6.42 Å². The third-order valence-corrected chi connectivity index (χ3v) is 9.35. The number of hydrogen-bond donors (Lipinski definition) is 3. The van der Waals surface area contributed by atoms with Gasteiger partial charge in [0.1, 0.15) is 0 Å². The van der Waals surface area contributed by atoms with Crippen LogP contribution >= 0.6 is 0 Å². The van der Waals surface area contributed by atoms with Crippen LogP contribution in [0.1, 0.15) is 213 Å². The van der Waals surface area contributed by atoms with E-state index in [-0.39, 0.29) is 12.5 Å². The van der Waals surface area contributed by atoms with Crippen LogP contribution in [0.5, 0.6) is 0 Å². The van der Waals surface area contributed by atoms with Crippen LogP contribution < -0.4 is 5.32 Å². The number of aliphatic hydroxyl groups excluding tert-OH is 2. The third kappa shape index (κ3) is 35.7. The molecular formula is C43H81NO3. The molecule has 0 heterocycles. The number of hydrogen-bond acceptors (Lipinski definition) is 3. The second-order valence-corrected chi connectivity index (χ2v) is 14.0. The predicted molar refractivity (Wildman–Crippen MR) is 207 cm³/mol. The molecule has 0 bridgehead atoms. The Bertz CT molecular complexity index is 716. The van der Waals surface area contributed by atoms with Crippen LogP contribution in [0.15, 0.2) is 36.5 Å². The highest BCUT2D eigenvalue weighted by molar-refractivity contribution is 5.76. The van der Waals surface area contributed by atoms with Crippen molar-refractivity contribution in [3.63, 3.8) is 0 Å². The molecule has 0 aliphatic rings. The maximum Gasteiger partial charge on any atom is 0.220 e. The van der Waals surface area contributed by atoms with Gasteiger partial charge in [0.25, 0.3) is 0 Å². The lowest BCUT2D eigenvalue weighted by Gasteiger charge is -2.19. The fourth-order valence-corrected chi connectivity index (χ4v) is 6.15. The average Bonchev–Trinajstić information content (AvgIpc) is 3.07. The monoisotopic (exact) mass is 660 g/mol. The van der Waals surface area contributed by atoms with Crippen molar-refractivity contribution in [1.29, 1.82) is 0 Å². The summed E-state index contributed by atoms with van der Waals surface area (Å²) in [5.41, 5.74) is 0. The molecule has 0 aromatic rings. The van der Waals surface area contributed by atoms with Gasteiger partial charge < -0.3 is 15.5 Å². The Balaban J connectivity index is 3.65. The summed E-state index contributed by atoms with van der Waals surface area (Å²) in [7, 11) is 0. The first-order valence-corrected chi connectivity index (χ1v) is 20.7. The van der Waals surface area contributed by atoms with Crippen LogP contribution in [-0.2, 0) is 4.79 Å². The molecule has 0 fully saturated rings. The first-order chi connectivity index (χ1) is 23.2. The highest BCUT2D eigenvalue weighted by Crippen LogP contribution is 2.14. The summed E-state index contributed by atoms with van der Waals surface area (Å²) in [5.74, 6) is -0.0781. The van der Waals surface area contributed by atoms with Crippen molar-refractivity contribution in [2.45, 2.75) is 225 Å². The van der Waals surface area contributed by atoms with E-state index in [0.717, 1.165) is 38.5 Å². The smallest absolute Gasteiger partial charge is 0.220 e. The summed E-state index contributed by atoms with van der Waals surface area (Å²) in [6, 6.07) is -0.641. The Hall–Kier alpha value is -1.39. The quantitative estimate of drug-likeness (QED) is 0.0459. The molecule has 2 atom stereocenters. The van der Waals surface area contributed by atoms with E-state index in [9.17, 15) is 15.0 Å². The van der Waals surface area contributed by atoms with Crippen molar-refractivity contribution < 1.29 is 15.0 Å². The minimum Gasteiger partial charge on any atom is -0.394 e. The van der Waals surface area contributed by atoms with Crippen molar-refractivity contribution in [3.8, 4) is 0 Å². The second kappa shape index (κ2) is 39.1. The lowest BCUT2D eigenvalue weighted by molar-refractivity contribution is -0.123. The summed E-state index contributed by atoms with van der Waals surface area (Å²) >= 11 is 0. The highest BCUT2D eigenvalue weighted by Gasteiger charge is 2.17. The lowest BCUT2D eigenvalue weighted by atomic mass is 10.0. The fraction of sp³-hybridized carbons (Fsp3) is 0.837. The average molecular weight is 660 g/mol. The molecule has 0 saturated carbocycles. The Labute approximate surface area is 293 Å². The molecule has 2 unspecified atom stereocenters. The van der Waals surface area contributed by atoms with Crippen LogP contribution in [0.25, 0.3) is 0 Å². The number of unbranched alkanes of at least 4 members (excludes halogenated alkanes) is 26. The van der Waals surface area contributed by atoms with Crippen molar-refractivity contribution in [2.75, 3.05) is 6.61 Å². The summed E-state index contributed by atoms with van der Waals surface area (Å²) in [6.45, 7) is 4.29. The second-order valence-electron chi connectivity index (χ2n) is 14.0. The van der Waals surface area contributed by atoms with Crippen LogP contribution in [0.4, 0.5) is 0 Å². The summed E-state index contributed by atoms with van der Waals surface area (Å²) < 4.78 is 0. The van der Waals surface area contributed by atoms with Gasteiger partial charge in [-0.2, -0.15) is 0 Å². The SMILES string of the molecule is CCCCCCCCCCCCCC/C=C/CC/C=C/CC/C=C/C(O)C(CO)NC(=O)CCCCCCCCCCCCCCC. The van der Waals surface area contributed by atoms with E-state index in [1.165, 1.54) is 154 Å². The predicted octanol–water partition coefficient (Wildman–Crippen LogP) is 12.6. The molecule has 0 rings (SSSR count). The first kappa shape index (κ1) is 45.6. The fourth-order valence-electron chi connectivity index (χ4n) is 6.15. The van der Waals surface area contributed by atoms with Gasteiger partial charge in [0.05, 0.1) is 18.8 Å². The number of carbonyl (C=O) groups is 1. The molecule has 276 valence electrons. The van der Waals surface area contributed by atoms with Crippen LogP contribution in [0.3, 0.4) is 0 Å². The Morgan fingerprint density at radius 3 is 1.23 bits per heavy atom. The number of allylic oxidation sites excluding steroid dienone is 5. The first-order valence-electron chi connectivity index (χ1n) is 20.7. The molecule has 0 saturated heterocycles. The van der Waals surface area contributed by atoms with E-state index in [2.05, 4.69) is 43.5 Å². The van der Waals surface area contributed by atoms with Gasteiger partial charge in [-0.15, -0.1) is 0 Å². The maximum atomic E-state index is 12.3. The zero-order valence-corrected chi connectivity index (χ0v) is 31.5. The van der Waals surface area contributed by atoms with Crippen molar-refractivity contribution in [1.82, 2.24) is 5.32 Å². The van der Waals surface area contributed by atoms with Gasteiger partial charge in [0.15, 0.2) is 0 Å². The molecule has 3 N–H and O–H groups in total. The molecule has 0 aliphatic carbocycles. The van der Waals surface area contributed by atoms with E-state index in [1.807, 2.05) is 6.08 Å². The molecule has 0 aromatic heterocycles. The van der Waals surface area contributed by atoms with E-state index in [0.29, 0.717) is 6.42 Å². The Morgan fingerprint density at radius 1 is 0.489 bits per heavy atom. The zero-order chi connectivity index (χ0) is 34.3. The van der Waals surface area contributed by atoms with E-state index in [4.69, 9.17) is 0 Å². The topological polar surface area (TPSA) is 69.6 Å². The zero-order valence-electron chi connectivity index (χ0n) is 31.5. The molecule has 0 aromatic carbocycles. The van der Waals surface area contributed by atoms with Crippen molar-refractivity contribution >= 4 is 5.91 Å². The van der Waals surface area contributed by atoms with Gasteiger partial charge in [-0.05, 0) is 44.9 Å². The molecule has 4 nitrogen and oxygen atoms in total. The normalized spacial score (nSPS) is 13.4. The van der Waals surface area contributed by atoms with E-state index >= 15 is 0 Å². The number of rotatable bonds is 37. The van der Waals surface area contributed by atoms with Crippen LogP contribution in [-0.4, -0.2) is 34.9 Å². The van der Waals surface area contributed by atoms with E-state index in [1.54, 1.807) is 6.08 Å². The van der Waals surface area contributed by atoms with Crippen molar-refractivity contribution in [2.24, 2.45) is 0 Å². The van der Waals surface area contributed by atoms with E-state index < -0.39 is 12.1 Å². The minimum atomic E-state index is -0.866. The molecule has 0 aliphatic heterocycles. The molecule has 0 radical (unpaired) electrons. The standard InChI is InChI=1S/C43H81NO3/c1-3-5-7-9-11-13-15-17-18-19-20-21-22-23-24-25-27-28-30-32-34-36-38-42(46)41(40-45)44-43(47)39-37-35-33-31-29-26-16-14-12-10-8-6-4-2/h23-24,28,30,36,38,41-42,45-46H,3-22,25-27,29,31-35,37,39-40H2,1-2H3,(H,44,47)/b24-23+,30-28+,38-36+. The number of carbonyl (C=O) groups excluding carboxylic acids is 1. The summed E-state index contributed by atoms with van der Waals surface area (Å²) in [5, 5.41) is 22.9. The number of amides is 1. The molecule has 1 amide bonds. The number of nitrogens with one attached hydrogen (secondary N) is 1. The third-order valence-electron chi connectivity index (χ3n) is 9.35. The largest absolute Gasteiger partial charge is 0.394 e. The molecule has 47 heavy (non-hydrogen) atoms. The van der Waals surface area contributed by atoms with Crippen LogP contribution in [0, 0.1) is 0 Å². The van der Waals surface area contributed by atoms with Gasteiger partial charge in [0.2, 0.25) is 5.91 Å². The lowest BCUT2D eigenvalue weighted by Crippen LogP contribution is -2.45. The number of aliphatic hydroxyl groups is 2. The molecule has 0 spiro atoms. The summed E-state index contributed by atoms with van der Waals surface area (Å²) in [4.78, 5) is 12.3. The summed E-state index contributed by atoms with van der Waals surface area (Å²) in [6.07, 6.45) is 51.0. The molecule has 4 heteroatoms. The Morgan fingerprint density at radius 2 is 0.830 bits per heavy atom. The van der Waals surface area contributed by atoms with Gasteiger partial charge in [-0.1, -0.05) is 198 Å². The van der Waals surface area contributed by atoms with Crippen LogP contribution in [0.2, 0.25) is 0 Å². The maximum absolute atomic E-state index is 12.3. The van der Waals surface area contributed by atoms with Gasteiger partial charge in [-0.3, -0.25) is 4.79 Å². The van der Waals surface area contributed by atoms with Gasteiger partial charge >= 0.3 is 0 Å². The minimum absolute atomic E-state index is 0.0781. The van der Waals surface area contributed by atoms with Crippen molar-refractivity contribution in [3.05, 3.63) is 36.5 Å². The highest BCUT2D eigenvalue weighted by atomic mass is 16.3. The van der Waals surface area contributed by atoms with Gasteiger partial charge in [-0.25, -0.2) is 0 Å². The molecular weight excluding hydrogens is 578 g/mol. The Kier molecular flexibility index (Phi) is 37.9.